The van der Waals surface area contributed by atoms with E-state index < -0.39 is 5.91 Å². The van der Waals surface area contributed by atoms with E-state index >= 15 is 0 Å². The number of aromatic nitrogens is 1. The van der Waals surface area contributed by atoms with Gasteiger partial charge in [0.15, 0.2) is 10.7 Å². The van der Waals surface area contributed by atoms with Crippen LogP contribution in [0.15, 0.2) is 87.7 Å². The Kier molecular flexibility index (Phi) is 6.57. The molecule has 0 saturated heterocycles. The number of rotatable bonds is 5. The van der Waals surface area contributed by atoms with Crippen LogP contribution in [0.1, 0.15) is 16.9 Å². The first kappa shape index (κ1) is 24.0. The van der Waals surface area contributed by atoms with Gasteiger partial charge < -0.3 is 19.3 Å². The number of hydrogen-bond acceptors (Lipinski definition) is 6. The molecule has 0 atom stereocenters. The van der Waals surface area contributed by atoms with E-state index in [0.29, 0.717) is 34.2 Å². The number of hydrogen-bond donors (Lipinski definition) is 3. The fourth-order valence-electron chi connectivity index (χ4n) is 3.96. The van der Waals surface area contributed by atoms with E-state index in [2.05, 4.69) is 15.6 Å². The number of carbonyl (C=O) groups excluding carboxylic acids is 1. The van der Waals surface area contributed by atoms with Crippen molar-refractivity contribution < 1.29 is 18.7 Å². The molecule has 7 nitrogen and oxygen atoms in total. The smallest absolute Gasteiger partial charge is 0.250 e. The third-order valence-corrected chi connectivity index (χ3v) is 5.83. The topological polar surface area (TPSA) is 101 Å². The van der Waals surface area contributed by atoms with Gasteiger partial charge in [-0.25, -0.2) is 4.98 Å². The molecule has 8 heteroatoms. The van der Waals surface area contributed by atoms with Gasteiger partial charge in [-0.3, -0.25) is 10.1 Å². The van der Waals surface area contributed by atoms with Crippen LogP contribution in [-0.4, -0.2) is 21.1 Å². The van der Waals surface area contributed by atoms with Gasteiger partial charge >= 0.3 is 0 Å². The Morgan fingerprint density at radius 2 is 1.81 bits per heavy atom. The van der Waals surface area contributed by atoms with Gasteiger partial charge in [-0.15, -0.1) is 0 Å². The molecule has 0 bridgehead atoms. The highest BCUT2D eigenvalue weighted by Gasteiger charge is 2.15. The van der Waals surface area contributed by atoms with Crippen LogP contribution in [0.3, 0.4) is 0 Å². The van der Waals surface area contributed by atoms with Crippen LogP contribution in [0.25, 0.3) is 40.0 Å². The lowest BCUT2D eigenvalue weighted by Gasteiger charge is -2.09. The standard InChI is InChI=1S/C29H23N3O4S/c1-17-14-18(2)27-23(15-17)31-28(36-27)22-11-8-20(16-24(22)33)30-29(37)32-26(34)13-10-21-9-12-25(35-21)19-6-4-3-5-7-19/h3-16,33H,1-2H3,(H2,30,32,34,37)/b13-10+. The van der Waals surface area contributed by atoms with E-state index in [9.17, 15) is 9.90 Å². The zero-order valence-electron chi connectivity index (χ0n) is 20.1. The zero-order valence-corrected chi connectivity index (χ0v) is 20.9. The minimum Gasteiger partial charge on any atom is -0.507 e. The summed E-state index contributed by atoms with van der Waals surface area (Å²) in [7, 11) is 0. The van der Waals surface area contributed by atoms with E-state index in [-0.39, 0.29) is 10.9 Å². The highest BCUT2D eigenvalue weighted by molar-refractivity contribution is 7.80. The van der Waals surface area contributed by atoms with Crippen LogP contribution in [0, 0.1) is 13.8 Å². The normalized spacial score (nSPS) is 11.2. The lowest BCUT2D eigenvalue weighted by molar-refractivity contribution is -0.115. The average Bonchev–Trinajstić information content (AvgIpc) is 3.51. The molecule has 5 aromatic rings. The molecule has 3 aromatic carbocycles. The molecule has 1 amide bonds. The van der Waals surface area contributed by atoms with Gasteiger partial charge in [0.1, 0.15) is 22.8 Å². The second kappa shape index (κ2) is 10.1. The van der Waals surface area contributed by atoms with Crippen molar-refractivity contribution in [2.24, 2.45) is 0 Å². The number of phenolic OH excluding ortho intramolecular Hbond substituents is 1. The van der Waals surface area contributed by atoms with Gasteiger partial charge in [0.2, 0.25) is 11.8 Å². The minimum atomic E-state index is -0.423. The summed E-state index contributed by atoms with van der Waals surface area (Å²) in [6.07, 6.45) is 2.90. The van der Waals surface area contributed by atoms with E-state index in [1.54, 1.807) is 24.3 Å². The number of aromatic hydroxyl groups is 1. The predicted octanol–water partition coefficient (Wildman–Crippen LogP) is 6.60. The fraction of sp³-hybridized carbons (Fsp3) is 0.0690. The Morgan fingerprint density at radius 3 is 2.59 bits per heavy atom. The molecule has 0 unspecified atom stereocenters. The first-order chi connectivity index (χ1) is 17.9. The third kappa shape index (κ3) is 5.44. The number of phenols is 1. The largest absolute Gasteiger partial charge is 0.507 e. The Bertz CT molecular complexity index is 1650. The zero-order chi connectivity index (χ0) is 25.9. The Morgan fingerprint density at radius 1 is 1.00 bits per heavy atom. The molecular formula is C29H23N3O4S. The van der Waals surface area contributed by atoms with Crippen molar-refractivity contribution >= 4 is 46.1 Å². The number of benzene rings is 3. The third-order valence-electron chi connectivity index (χ3n) is 5.63. The number of furan rings is 1. The first-order valence-corrected chi connectivity index (χ1v) is 11.9. The van der Waals surface area contributed by atoms with Crippen molar-refractivity contribution in [1.29, 1.82) is 0 Å². The first-order valence-electron chi connectivity index (χ1n) is 11.5. The number of amides is 1. The predicted molar refractivity (Wildman–Crippen MR) is 148 cm³/mol. The lowest BCUT2D eigenvalue weighted by Crippen LogP contribution is -2.32. The second-order valence-corrected chi connectivity index (χ2v) is 8.93. The molecule has 2 heterocycles. The number of fused-ring (bicyclic) bond motifs is 1. The fourth-order valence-corrected chi connectivity index (χ4v) is 4.17. The molecule has 0 aliphatic heterocycles. The number of nitrogens with one attached hydrogen (secondary N) is 2. The summed E-state index contributed by atoms with van der Waals surface area (Å²) in [6, 6.07) is 22.2. The highest BCUT2D eigenvalue weighted by Crippen LogP contribution is 2.34. The van der Waals surface area contributed by atoms with Gasteiger partial charge in [-0.2, -0.15) is 0 Å². The maximum atomic E-state index is 12.3. The van der Waals surface area contributed by atoms with Gasteiger partial charge in [0, 0.05) is 23.4 Å². The van der Waals surface area contributed by atoms with Gasteiger partial charge in [-0.1, -0.05) is 36.4 Å². The molecule has 0 saturated carbocycles. The maximum absolute atomic E-state index is 12.3. The molecule has 3 N–H and O–H groups in total. The van der Waals surface area contributed by atoms with E-state index in [1.165, 1.54) is 12.1 Å². The summed E-state index contributed by atoms with van der Waals surface area (Å²) < 4.78 is 11.7. The molecule has 0 aliphatic carbocycles. The van der Waals surface area contributed by atoms with Crippen LogP contribution >= 0.6 is 12.2 Å². The number of anilines is 1. The minimum absolute atomic E-state index is 0.0352. The quantitative estimate of drug-likeness (QED) is 0.181. The maximum Gasteiger partial charge on any atom is 0.250 e. The van der Waals surface area contributed by atoms with Crippen molar-refractivity contribution in [1.82, 2.24) is 10.3 Å². The molecular weight excluding hydrogens is 486 g/mol. The van der Waals surface area contributed by atoms with Gasteiger partial charge in [-0.05, 0) is 73.6 Å². The van der Waals surface area contributed by atoms with Crippen molar-refractivity contribution in [3.05, 3.63) is 95.8 Å². The molecule has 0 radical (unpaired) electrons. The van der Waals surface area contributed by atoms with E-state index in [0.717, 1.165) is 22.2 Å². The van der Waals surface area contributed by atoms with E-state index in [4.69, 9.17) is 21.1 Å². The highest BCUT2D eigenvalue weighted by atomic mass is 32.1. The molecule has 0 spiro atoms. The summed E-state index contributed by atoms with van der Waals surface area (Å²) in [5.74, 6) is 1.12. The molecule has 0 fully saturated rings. The van der Waals surface area contributed by atoms with Crippen molar-refractivity contribution in [2.45, 2.75) is 13.8 Å². The van der Waals surface area contributed by atoms with Gasteiger partial charge in [0.25, 0.3) is 0 Å². The van der Waals surface area contributed by atoms with Crippen molar-refractivity contribution in [3.8, 4) is 28.5 Å². The van der Waals surface area contributed by atoms with Gasteiger partial charge in [0.05, 0.1) is 5.56 Å². The van der Waals surface area contributed by atoms with Crippen molar-refractivity contribution in [3.63, 3.8) is 0 Å². The number of nitrogens with zero attached hydrogens (tertiary/aromatic N) is 1. The number of aryl methyl sites for hydroxylation is 2. The summed E-state index contributed by atoms with van der Waals surface area (Å²) in [5.41, 5.74) is 5.38. The molecule has 0 aliphatic rings. The monoisotopic (exact) mass is 509 g/mol. The Hall–Kier alpha value is -4.69. The molecule has 184 valence electrons. The summed E-state index contributed by atoms with van der Waals surface area (Å²) >= 11 is 5.24. The average molecular weight is 510 g/mol. The SMILES string of the molecule is Cc1cc(C)c2oc(-c3ccc(NC(=S)NC(=O)/C=C/c4ccc(-c5ccccc5)o4)cc3O)nc2c1. The van der Waals surface area contributed by atoms with Crippen LogP contribution in [-0.2, 0) is 4.79 Å². The number of thiocarbonyl (C=S) groups is 1. The molecule has 37 heavy (non-hydrogen) atoms. The van der Waals surface area contributed by atoms with Crippen LogP contribution < -0.4 is 10.6 Å². The van der Waals surface area contributed by atoms with Crippen molar-refractivity contribution in [2.75, 3.05) is 5.32 Å². The number of oxazole rings is 1. The summed E-state index contributed by atoms with van der Waals surface area (Å²) in [6.45, 7) is 3.95. The van der Waals surface area contributed by atoms with E-state index in [1.807, 2.05) is 62.4 Å². The van der Waals surface area contributed by atoms with Crippen LogP contribution in [0.5, 0.6) is 5.75 Å². The second-order valence-electron chi connectivity index (χ2n) is 8.53. The Balaban J connectivity index is 1.21. The van der Waals surface area contributed by atoms with Crippen LogP contribution in [0.2, 0.25) is 0 Å². The summed E-state index contributed by atoms with van der Waals surface area (Å²) in [4.78, 5) is 16.8. The Labute approximate surface area is 218 Å². The lowest BCUT2D eigenvalue weighted by atomic mass is 10.1. The van der Waals surface area contributed by atoms with Crippen LogP contribution in [0.4, 0.5) is 5.69 Å². The molecule has 5 rings (SSSR count). The number of carbonyl (C=O) groups is 1. The summed E-state index contributed by atoms with van der Waals surface area (Å²) in [5, 5.41) is 16.1. The molecule has 2 aromatic heterocycles.